The minimum atomic E-state index is -0.00478. The SMILES string of the molecule is Cc1noc(C)c1[C@H](C)CNC(=O)N1CC2(CCC2)c2ccccc21. The first-order chi connectivity index (χ1) is 12.0. The van der Waals surface area contributed by atoms with Crippen molar-refractivity contribution in [2.24, 2.45) is 0 Å². The summed E-state index contributed by atoms with van der Waals surface area (Å²) in [6.07, 6.45) is 3.62. The predicted molar refractivity (Wildman–Crippen MR) is 97.1 cm³/mol. The van der Waals surface area contributed by atoms with E-state index in [1.54, 1.807) is 0 Å². The van der Waals surface area contributed by atoms with E-state index in [9.17, 15) is 4.79 Å². The van der Waals surface area contributed by atoms with Crippen LogP contribution in [0, 0.1) is 13.8 Å². The van der Waals surface area contributed by atoms with Crippen molar-refractivity contribution in [2.75, 3.05) is 18.0 Å². The van der Waals surface area contributed by atoms with Crippen LogP contribution in [0.5, 0.6) is 0 Å². The van der Waals surface area contributed by atoms with Gasteiger partial charge in [0.2, 0.25) is 0 Å². The topological polar surface area (TPSA) is 58.4 Å². The Hall–Kier alpha value is -2.30. The fraction of sp³-hybridized carbons (Fsp3) is 0.500. The van der Waals surface area contributed by atoms with Gasteiger partial charge in [-0.15, -0.1) is 0 Å². The molecule has 25 heavy (non-hydrogen) atoms. The van der Waals surface area contributed by atoms with Crippen LogP contribution in [0.1, 0.15) is 54.7 Å². The number of aromatic nitrogens is 1. The average Bonchev–Trinajstić information content (AvgIpc) is 3.10. The minimum absolute atomic E-state index is 0.00478. The molecule has 2 amide bonds. The summed E-state index contributed by atoms with van der Waals surface area (Å²) in [7, 11) is 0. The largest absolute Gasteiger partial charge is 0.361 e. The molecule has 1 aliphatic heterocycles. The number of amides is 2. The van der Waals surface area contributed by atoms with Crippen molar-refractivity contribution in [1.82, 2.24) is 10.5 Å². The molecule has 0 radical (unpaired) electrons. The summed E-state index contributed by atoms with van der Waals surface area (Å²) in [5.74, 6) is 1.00. The van der Waals surface area contributed by atoms with E-state index < -0.39 is 0 Å². The molecule has 1 aliphatic carbocycles. The van der Waals surface area contributed by atoms with E-state index in [2.05, 4.69) is 35.6 Å². The number of nitrogens with one attached hydrogen (secondary N) is 1. The summed E-state index contributed by atoms with van der Waals surface area (Å²) >= 11 is 0. The number of benzene rings is 1. The van der Waals surface area contributed by atoms with Crippen molar-refractivity contribution >= 4 is 11.7 Å². The summed E-state index contributed by atoms with van der Waals surface area (Å²) < 4.78 is 5.25. The first kappa shape index (κ1) is 16.2. The second kappa shape index (κ2) is 5.90. The fourth-order valence-electron chi connectivity index (χ4n) is 4.47. The van der Waals surface area contributed by atoms with E-state index in [0.717, 1.165) is 29.2 Å². The Bertz CT molecular complexity index is 788. The molecule has 2 aliphatic rings. The zero-order valence-corrected chi connectivity index (χ0v) is 15.1. The molecule has 5 nitrogen and oxygen atoms in total. The summed E-state index contributed by atoms with van der Waals surface area (Å²) in [6, 6.07) is 8.35. The second-order valence-electron chi connectivity index (χ2n) is 7.56. The molecule has 1 aromatic carbocycles. The van der Waals surface area contributed by atoms with Gasteiger partial charge in [0.25, 0.3) is 0 Å². The Kier molecular flexibility index (Phi) is 3.82. The maximum absolute atomic E-state index is 12.9. The Balaban J connectivity index is 1.47. The molecule has 5 heteroatoms. The monoisotopic (exact) mass is 339 g/mol. The number of carbonyl (C=O) groups excluding carboxylic acids is 1. The Labute approximate surface area is 148 Å². The number of rotatable bonds is 3. The van der Waals surface area contributed by atoms with Gasteiger partial charge < -0.3 is 9.84 Å². The molecule has 1 fully saturated rings. The fourth-order valence-corrected chi connectivity index (χ4v) is 4.47. The van der Waals surface area contributed by atoms with Crippen molar-refractivity contribution in [3.63, 3.8) is 0 Å². The zero-order chi connectivity index (χ0) is 17.6. The van der Waals surface area contributed by atoms with Crippen LogP contribution in [-0.4, -0.2) is 24.3 Å². The van der Waals surface area contributed by atoms with Gasteiger partial charge in [0.05, 0.1) is 5.69 Å². The van der Waals surface area contributed by atoms with Gasteiger partial charge in [0, 0.05) is 35.7 Å². The molecule has 2 heterocycles. The van der Waals surface area contributed by atoms with Gasteiger partial charge in [-0.1, -0.05) is 36.7 Å². The Morgan fingerprint density at radius 3 is 2.76 bits per heavy atom. The Morgan fingerprint density at radius 1 is 1.36 bits per heavy atom. The standard InChI is InChI=1S/C20H25N3O2/c1-13(18-14(2)22-25-15(18)3)11-21-19(24)23-12-20(9-6-10-20)16-7-4-5-8-17(16)23/h4-5,7-8,13H,6,9-12H2,1-3H3,(H,21,24)/t13-/m1/s1. The number of urea groups is 1. The number of hydrogen-bond donors (Lipinski definition) is 1. The van der Waals surface area contributed by atoms with Crippen molar-refractivity contribution in [3.05, 3.63) is 46.8 Å². The molecular weight excluding hydrogens is 314 g/mol. The third kappa shape index (κ3) is 2.53. The number of carbonyl (C=O) groups is 1. The summed E-state index contributed by atoms with van der Waals surface area (Å²) in [5, 5.41) is 7.12. The first-order valence-corrected chi connectivity index (χ1v) is 9.09. The van der Waals surface area contributed by atoms with Crippen LogP contribution in [0.15, 0.2) is 28.8 Å². The highest BCUT2D eigenvalue weighted by atomic mass is 16.5. The third-order valence-electron chi connectivity index (χ3n) is 5.92. The van der Waals surface area contributed by atoms with Crippen molar-refractivity contribution in [2.45, 2.75) is 51.4 Å². The van der Waals surface area contributed by atoms with Gasteiger partial charge in [-0.2, -0.15) is 0 Å². The lowest BCUT2D eigenvalue weighted by Crippen LogP contribution is -2.45. The molecule has 1 atom stereocenters. The van der Waals surface area contributed by atoms with Crippen LogP contribution in [-0.2, 0) is 5.41 Å². The highest BCUT2D eigenvalue weighted by Gasteiger charge is 2.48. The number of hydrogen-bond acceptors (Lipinski definition) is 3. The molecule has 1 saturated carbocycles. The third-order valence-corrected chi connectivity index (χ3v) is 5.92. The first-order valence-electron chi connectivity index (χ1n) is 9.09. The van der Waals surface area contributed by atoms with Gasteiger partial charge in [-0.3, -0.25) is 4.90 Å². The molecule has 1 spiro atoms. The van der Waals surface area contributed by atoms with E-state index in [4.69, 9.17) is 4.52 Å². The number of aryl methyl sites for hydroxylation is 2. The number of fused-ring (bicyclic) bond motifs is 2. The van der Waals surface area contributed by atoms with Crippen molar-refractivity contribution in [3.8, 4) is 0 Å². The summed E-state index contributed by atoms with van der Waals surface area (Å²) in [6.45, 7) is 7.34. The van der Waals surface area contributed by atoms with Gasteiger partial charge in [0.15, 0.2) is 0 Å². The normalized spacial score (nSPS) is 18.8. The van der Waals surface area contributed by atoms with Gasteiger partial charge in [0.1, 0.15) is 5.76 Å². The number of nitrogens with zero attached hydrogens (tertiary/aromatic N) is 2. The number of anilines is 1. The lowest BCUT2D eigenvalue weighted by atomic mass is 9.66. The van der Waals surface area contributed by atoms with Crippen LogP contribution in [0.4, 0.5) is 10.5 Å². The van der Waals surface area contributed by atoms with Crippen LogP contribution in [0.2, 0.25) is 0 Å². The molecule has 0 saturated heterocycles. The van der Waals surface area contributed by atoms with Crippen LogP contribution < -0.4 is 10.2 Å². The van der Waals surface area contributed by atoms with Crippen LogP contribution >= 0.6 is 0 Å². The highest BCUT2D eigenvalue weighted by Crippen LogP contribution is 2.52. The number of para-hydroxylation sites is 1. The molecule has 0 unspecified atom stereocenters. The zero-order valence-electron chi connectivity index (χ0n) is 15.1. The second-order valence-corrected chi connectivity index (χ2v) is 7.56. The van der Waals surface area contributed by atoms with E-state index in [-0.39, 0.29) is 17.4 Å². The quantitative estimate of drug-likeness (QED) is 0.918. The van der Waals surface area contributed by atoms with Gasteiger partial charge in [-0.05, 0) is 38.3 Å². The van der Waals surface area contributed by atoms with Crippen molar-refractivity contribution in [1.29, 1.82) is 0 Å². The van der Waals surface area contributed by atoms with Crippen LogP contribution in [0.25, 0.3) is 0 Å². The lowest BCUT2D eigenvalue weighted by Gasteiger charge is -2.38. The van der Waals surface area contributed by atoms with Gasteiger partial charge in [-0.25, -0.2) is 4.79 Å². The van der Waals surface area contributed by atoms with E-state index >= 15 is 0 Å². The maximum Gasteiger partial charge on any atom is 0.321 e. The average molecular weight is 339 g/mol. The molecule has 1 N–H and O–H groups in total. The maximum atomic E-state index is 12.9. The molecule has 2 aromatic rings. The van der Waals surface area contributed by atoms with Crippen LogP contribution in [0.3, 0.4) is 0 Å². The Morgan fingerprint density at radius 2 is 2.12 bits per heavy atom. The molecule has 132 valence electrons. The summed E-state index contributed by atoms with van der Waals surface area (Å²) in [4.78, 5) is 14.8. The van der Waals surface area contributed by atoms with E-state index in [0.29, 0.717) is 6.54 Å². The smallest absolute Gasteiger partial charge is 0.321 e. The molecule has 4 rings (SSSR count). The highest BCUT2D eigenvalue weighted by molar-refractivity contribution is 5.95. The molecule has 1 aromatic heterocycles. The summed E-state index contributed by atoms with van der Waals surface area (Å²) in [5.41, 5.74) is 4.61. The van der Waals surface area contributed by atoms with E-state index in [1.165, 1.54) is 24.8 Å². The minimum Gasteiger partial charge on any atom is -0.361 e. The molecule has 0 bridgehead atoms. The molecular formula is C20H25N3O2. The van der Waals surface area contributed by atoms with Gasteiger partial charge >= 0.3 is 6.03 Å². The lowest BCUT2D eigenvalue weighted by molar-refractivity contribution is 0.235. The van der Waals surface area contributed by atoms with E-state index in [1.807, 2.05) is 24.8 Å². The predicted octanol–water partition coefficient (Wildman–Crippen LogP) is 4.05. The van der Waals surface area contributed by atoms with Crippen molar-refractivity contribution < 1.29 is 9.32 Å².